The highest BCUT2D eigenvalue weighted by Gasteiger charge is 2.18. The molecule has 104 valence electrons. The van der Waals surface area contributed by atoms with Crippen LogP contribution >= 0.6 is 0 Å². The third-order valence-corrected chi connectivity index (χ3v) is 2.68. The van der Waals surface area contributed by atoms with E-state index in [0.29, 0.717) is 24.5 Å². The fourth-order valence-electron chi connectivity index (χ4n) is 1.78. The zero-order valence-corrected chi connectivity index (χ0v) is 10.6. The summed E-state index contributed by atoms with van der Waals surface area (Å²) in [5, 5.41) is 0. The molecule has 0 spiro atoms. The lowest BCUT2D eigenvalue weighted by atomic mass is 10.0. The van der Waals surface area contributed by atoms with Gasteiger partial charge in [-0.25, -0.2) is 13.2 Å². The number of carbonyl (C=O) groups is 1. The third-order valence-electron chi connectivity index (χ3n) is 2.68. The molecule has 0 aliphatic carbocycles. The van der Waals surface area contributed by atoms with Gasteiger partial charge in [0.15, 0.2) is 23.2 Å². The van der Waals surface area contributed by atoms with E-state index < -0.39 is 23.2 Å². The molecule has 5 heteroatoms. The number of ketones is 1. The number of hydrogen-bond donors (Lipinski definition) is 0. The summed E-state index contributed by atoms with van der Waals surface area (Å²) in [4.78, 5) is 12.2. The quantitative estimate of drug-likeness (QED) is 0.630. The average Bonchev–Trinajstić information content (AvgIpc) is 2.44. The van der Waals surface area contributed by atoms with Gasteiger partial charge in [-0.3, -0.25) is 4.79 Å². The van der Waals surface area contributed by atoms with Gasteiger partial charge in [-0.15, -0.1) is 0 Å². The summed E-state index contributed by atoms with van der Waals surface area (Å²) in [5.41, 5.74) is -0.103. The lowest BCUT2D eigenvalue weighted by Gasteiger charge is -2.09. The molecule has 0 radical (unpaired) electrons. The highest BCUT2D eigenvalue weighted by atomic mass is 19.2. The van der Waals surface area contributed by atoms with Crippen molar-refractivity contribution in [1.82, 2.24) is 0 Å². The molecule has 0 heterocycles. The normalized spacial score (nSPS) is 10.4. The van der Waals surface area contributed by atoms with Crippen LogP contribution in [0, 0.1) is 17.5 Å². The van der Waals surface area contributed by atoms with E-state index in [1.807, 2.05) is 0 Å². The Hall–Kier alpha value is -2.30. The molecule has 2 aromatic rings. The van der Waals surface area contributed by atoms with Crippen LogP contribution < -0.4 is 4.74 Å². The van der Waals surface area contributed by atoms with Gasteiger partial charge in [0.25, 0.3) is 0 Å². The molecule has 0 aliphatic rings. The van der Waals surface area contributed by atoms with E-state index in [0.717, 1.165) is 0 Å². The third kappa shape index (κ3) is 2.66. The summed E-state index contributed by atoms with van der Waals surface area (Å²) in [6.45, 7) is 2.09. The molecular formula is C15H11F3O2. The maximum absolute atomic E-state index is 13.2. The van der Waals surface area contributed by atoms with Crippen molar-refractivity contribution in [3.8, 4) is 5.75 Å². The van der Waals surface area contributed by atoms with Gasteiger partial charge in [0, 0.05) is 5.56 Å². The Labute approximate surface area is 113 Å². The number of ether oxygens (including phenoxy) is 1. The second-order valence-electron chi connectivity index (χ2n) is 4.01. The Morgan fingerprint density at radius 2 is 1.70 bits per heavy atom. The number of carbonyl (C=O) groups excluding carboxylic acids is 1. The van der Waals surface area contributed by atoms with Crippen LogP contribution in [0.3, 0.4) is 0 Å². The summed E-state index contributed by atoms with van der Waals surface area (Å²) in [7, 11) is 0. The van der Waals surface area contributed by atoms with Crippen molar-refractivity contribution < 1.29 is 22.7 Å². The lowest BCUT2D eigenvalue weighted by molar-refractivity contribution is 0.103. The monoisotopic (exact) mass is 280 g/mol. The predicted octanol–water partition coefficient (Wildman–Crippen LogP) is 3.73. The van der Waals surface area contributed by atoms with E-state index in [4.69, 9.17) is 4.74 Å². The van der Waals surface area contributed by atoms with Crippen molar-refractivity contribution in [3.05, 3.63) is 65.0 Å². The summed E-state index contributed by atoms with van der Waals surface area (Å²) in [6.07, 6.45) is 0. The largest absolute Gasteiger partial charge is 0.493 e. The average molecular weight is 280 g/mol. The SMILES string of the molecule is CCOc1ccccc1C(=O)c1cc(F)c(F)c(F)c1. The first kappa shape index (κ1) is 14.1. The number of rotatable bonds is 4. The molecule has 20 heavy (non-hydrogen) atoms. The summed E-state index contributed by atoms with van der Waals surface area (Å²) in [6, 6.07) is 7.67. The molecule has 0 atom stereocenters. The first-order valence-electron chi connectivity index (χ1n) is 5.95. The molecule has 0 aliphatic heterocycles. The lowest BCUT2D eigenvalue weighted by Crippen LogP contribution is -2.07. The van der Waals surface area contributed by atoms with Crippen LogP contribution in [0.25, 0.3) is 0 Å². The second kappa shape index (κ2) is 5.77. The van der Waals surface area contributed by atoms with E-state index in [2.05, 4.69) is 0 Å². The van der Waals surface area contributed by atoms with Crippen LogP contribution in [0.1, 0.15) is 22.8 Å². The fourth-order valence-corrected chi connectivity index (χ4v) is 1.78. The van der Waals surface area contributed by atoms with Crippen LogP contribution in [0.2, 0.25) is 0 Å². The maximum Gasteiger partial charge on any atom is 0.196 e. The predicted molar refractivity (Wildman–Crippen MR) is 67.4 cm³/mol. The van der Waals surface area contributed by atoms with Gasteiger partial charge < -0.3 is 4.74 Å². The second-order valence-corrected chi connectivity index (χ2v) is 4.01. The van der Waals surface area contributed by atoms with Crippen LogP contribution in [0.5, 0.6) is 5.75 Å². The molecule has 0 saturated carbocycles. The highest BCUT2D eigenvalue weighted by molar-refractivity contribution is 6.10. The Morgan fingerprint density at radius 3 is 2.30 bits per heavy atom. The molecule has 0 N–H and O–H groups in total. The smallest absolute Gasteiger partial charge is 0.196 e. The van der Waals surface area contributed by atoms with Crippen LogP contribution in [0.4, 0.5) is 13.2 Å². The minimum absolute atomic E-state index is 0.166. The van der Waals surface area contributed by atoms with Crippen molar-refractivity contribution in [3.63, 3.8) is 0 Å². The Kier molecular flexibility index (Phi) is 4.08. The zero-order valence-electron chi connectivity index (χ0n) is 10.6. The molecule has 0 aromatic heterocycles. The Morgan fingerprint density at radius 1 is 1.10 bits per heavy atom. The van der Waals surface area contributed by atoms with E-state index >= 15 is 0 Å². The summed E-state index contributed by atoms with van der Waals surface area (Å²) in [5.74, 6) is -4.72. The highest BCUT2D eigenvalue weighted by Crippen LogP contribution is 2.23. The van der Waals surface area contributed by atoms with Crippen molar-refractivity contribution in [1.29, 1.82) is 0 Å². The molecular weight excluding hydrogens is 269 g/mol. The molecule has 0 saturated heterocycles. The minimum Gasteiger partial charge on any atom is -0.493 e. The standard InChI is InChI=1S/C15H11F3O2/c1-2-20-13-6-4-3-5-10(13)15(19)9-7-11(16)14(18)12(17)8-9/h3-8H,2H2,1H3. The zero-order chi connectivity index (χ0) is 14.7. The molecule has 2 aromatic carbocycles. The number of benzene rings is 2. The van der Waals surface area contributed by atoms with Gasteiger partial charge in [-0.05, 0) is 31.2 Å². The maximum atomic E-state index is 13.2. The molecule has 2 nitrogen and oxygen atoms in total. The van der Waals surface area contributed by atoms with E-state index in [-0.39, 0.29) is 11.1 Å². The van der Waals surface area contributed by atoms with E-state index in [1.165, 1.54) is 6.07 Å². The van der Waals surface area contributed by atoms with Crippen molar-refractivity contribution in [2.45, 2.75) is 6.92 Å². The summed E-state index contributed by atoms with van der Waals surface area (Å²) >= 11 is 0. The first-order valence-corrected chi connectivity index (χ1v) is 5.95. The molecule has 2 rings (SSSR count). The van der Waals surface area contributed by atoms with Crippen molar-refractivity contribution >= 4 is 5.78 Å². The first-order chi connectivity index (χ1) is 9.54. The Bertz CT molecular complexity index is 630. The van der Waals surface area contributed by atoms with Gasteiger partial charge in [-0.1, -0.05) is 12.1 Å². The van der Waals surface area contributed by atoms with Crippen LogP contribution in [-0.2, 0) is 0 Å². The number of para-hydroxylation sites is 1. The minimum atomic E-state index is -1.60. The van der Waals surface area contributed by atoms with Crippen molar-refractivity contribution in [2.75, 3.05) is 6.61 Å². The fraction of sp³-hybridized carbons (Fsp3) is 0.133. The van der Waals surface area contributed by atoms with E-state index in [1.54, 1.807) is 25.1 Å². The van der Waals surface area contributed by atoms with Crippen LogP contribution in [0.15, 0.2) is 36.4 Å². The van der Waals surface area contributed by atoms with Gasteiger partial charge in [0.05, 0.1) is 12.2 Å². The van der Waals surface area contributed by atoms with Gasteiger partial charge in [0.1, 0.15) is 5.75 Å². The van der Waals surface area contributed by atoms with Gasteiger partial charge in [-0.2, -0.15) is 0 Å². The Balaban J connectivity index is 2.46. The molecule has 0 unspecified atom stereocenters. The van der Waals surface area contributed by atoms with Gasteiger partial charge >= 0.3 is 0 Å². The summed E-state index contributed by atoms with van der Waals surface area (Å²) < 4.78 is 44.5. The van der Waals surface area contributed by atoms with E-state index in [9.17, 15) is 18.0 Å². The topological polar surface area (TPSA) is 26.3 Å². The van der Waals surface area contributed by atoms with Crippen LogP contribution in [-0.4, -0.2) is 12.4 Å². The molecule has 0 fully saturated rings. The van der Waals surface area contributed by atoms with Gasteiger partial charge in [0.2, 0.25) is 0 Å². The number of hydrogen-bond acceptors (Lipinski definition) is 2. The number of halogens is 3. The van der Waals surface area contributed by atoms with Crippen molar-refractivity contribution in [2.24, 2.45) is 0 Å². The molecule has 0 amide bonds. The molecule has 0 bridgehead atoms.